The summed E-state index contributed by atoms with van der Waals surface area (Å²) < 4.78 is 20.3. The zero-order valence-corrected chi connectivity index (χ0v) is 21.8. The molecule has 0 aliphatic carbocycles. The normalized spacial score (nSPS) is 16.1. The molecule has 11 nitrogen and oxygen atoms in total. The SMILES string of the molecule is CN1CCN(c2cc(N3CCOCC3)cn3c(=O)c(O)c(-c4[nH]c(Cc5ccc(F)c(Cl)c5)c[nH+]4)nc23)C1=O. The summed E-state index contributed by atoms with van der Waals surface area (Å²) in [5, 5.41) is 11.0. The lowest BCUT2D eigenvalue weighted by Crippen LogP contribution is -2.37. The van der Waals surface area contributed by atoms with Crippen molar-refractivity contribution in [3.05, 3.63) is 69.1 Å². The van der Waals surface area contributed by atoms with Gasteiger partial charge in [-0.25, -0.2) is 24.1 Å². The molecule has 202 valence electrons. The van der Waals surface area contributed by atoms with Crippen molar-refractivity contribution in [1.29, 1.82) is 0 Å². The van der Waals surface area contributed by atoms with Crippen molar-refractivity contribution in [2.24, 2.45) is 0 Å². The number of H-pyrrole nitrogens is 2. The number of rotatable bonds is 5. The molecule has 5 heterocycles. The predicted molar refractivity (Wildman–Crippen MR) is 142 cm³/mol. The number of aromatic hydroxyl groups is 1. The van der Waals surface area contributed by atoms with Crippen molar-refractivity contribution in [1.82, 2.24) is 19.3 Å². The highest BCUT2D eigenvalue weighted by atomic mass is 35.5. The lowest BCUT2D eigenvalue weighted by Gasteiger charge is -2.30. The summed E-state index contributed by atoms with van der Waals surface area (Å²) in [6.45, 7) is 3.32. The Morgan fingerprint density at radius 1 is 1.18 bits per heavy atom. The molecule has 2 amide bonds. The number of hydrogen-bond acceptors (Lipinski definition) is 6. The van der Waals surface area contributed by atoms with Gasteiger partial charge in [0.15, 0.2) is 5.65 Å². The molecule has 39 heavy (non-hydrogen) atoms. The quantitative estimate of drug-likeness (QED) is 0.390. The zero-order chi connectivity index (χ0) is 27.3. The van der Waals surface area contributed by atoms with E-state index in [-0.39, 0.29) is 22.4 Å². The lowest BCUT2D eigenvalue weighted by molar-refractivity contribution is -0.362. The number of imidazole rings is 1. The standard InChI is InChI=1S/C26H25ClFN7O4/c1-32-4-5-34(26(32)38)20-12-17(33-6-8-39-9-7-33)14-35-24(20)31-21(22(36)25(35)37)23-29-13-16(30-23)10-15-2-3-19(28)18(27)11-15/h2-3,11-14,36H,4-10H2,1H3,(H,29,30)/p+1. The van der Waals surface area contributed by atoms with Gasteiger partial charge in [-0.1, -0.05) is 17.7 Å². The minimum absolute atomic E-state index is 0.0174. The van der Waals surface area contributed by atoms with Crippen LogP contribution in [0, 0.1) is 5.82 Å². The molecule has 1 aromatic carbocycles. The molecule has 13 heteroatoms. The van der Waals surface area contributed by atoms with Crippen LogP contribution in [-0.2, 0) is 11.2 Å². The topological polar surface area (TPSA) is 121 Å². The molecule has 0 saturated carbocycles. The Labute approximate surface area is 227 Å². The molecule has 2 aliphatic rings. The van der Waals surface area contributed by atoms with Crippen molar-refractivity contribution >= 4 is 34.7 Å². The third-order valence-corrected chi connectivity index (χ3v) is 7.33. The minimum Gasteiger partial charge on any atom is -0.501 e. The number of halogens is 2. The maximum absolute atomic E-state index is 13.5. The smallest absolute Gasteiger partial charge is 0.324 e. The number of hydrogen-bond donors (Lipinski definition) is 2. The van der Waals surface area contributed by atoms with Gasteiger partial charge in [-0.05, 0) is 23.8 Å². The van der Waals surface area contributed by atoms with Gasteiger partial charge in [-0.3, -0.25) is 14.1 Å². The number of likely N-dealkylation sites (N-methyl/N-ethyl adjacent to an activating group) is 1. The second kappa shape index (κ2) is 9.86. The summed E-state index contributed by atoms with van der Waals surface area (Å²) in [4.78, 5) is 42.5. The number of ether oxygens (including phenoxy) is 1. The van der Waals surface area contributed by atoms with Crippen LogP contribution in [0.2, 0.25) is 5.02 Å². The van der Waals surface area contributed by atoms with E-state index in [9.17, 15) is 19.1 Å². The first-order valence-corrected chi connectivity index (χ1v) is 12.9. The van der Waals surface area contributed by atoms with Gasteiger partial charge in [0.1, 0.15) is 17.7 Å². The van der Waals surface area contributed by atoms with E-state index in [1.165, 1.54) is 16.5 Å². The molecule has 3 aromatic heterocycles. The summed E-state index contributed by atoms with van der Waals surface area (Å²) >= 11 is 5.91. The van der Waals surface area contributed by atoms with Gasteiger partial charge in [0.05, 0.1) is 29.6 Å². The van der Waals surface area contributed by atoms with Crippen LogP contribution in [-0.4, -0.2) is 76.8 Å². The van der Waals surface area contributed by atoms with Crippen molar-refractivity contribution in [2.45, 2.75) is 6.42 Å². The summed E-state index contributed by atoms with van der Waals surface area (Å²) in [6, 6.07) is 6.12. The minimum atomic E-state index is -0.666. The fourth-order valence-electron chi connectivity index (χ4n) is 4.92. The number of benzene rings is 1. The Morgan fingerprint density at radius 2 is 1.97 bits per heavy atom. The van der Waals surface area contributed by atoms with E-state index >= 15 is 0 Å². The molecular formula is C26H26ClFN7O4+. The molecule has 4 aromatic rings. The molecule has 0 atom stereocenters. The van der Waals surface area contributed by atoms with Crippen LogP contribution in [0.1, 0.15) is 11.3 Å². The number of urea groups is 1. The number of aromatic amines is 2. The maximum Gasteiger partial charge on any atom is 0.324 e. The Kier molecular flexibility index (Phi) is 6.35. The van der Waals surface area contributed by atoms with Gasteiger partial charge in [0.2, 0.25) is 11.4 Å². The van der Waals surface area contributed by atoms with E-state index in [1.807, 2.05) is 6.07 Å². The molecule has 0 radical (unpaired) electrons. The van der Waals surface area contributed by atoms with Crippen LogP contribution in [0.4, 0.5) is 20.6 Å². The maximum atomic E-state index is 13.5. The number of amides is 2. The Hall–Kier alpha value is -4.16. The van der Waals surface area contributed by atoms with Crippen LogP contribution in [0.5, 0.6) is 5.75 Å². The van der Waals surface area contributed by atoms with Gasteiger partial charge in [0, 0.05) is 45.8 Å². The summed E-state index contributed by atoms with van der Waals surface area (Å²) in [6.07, 6.45) is 3.71. The van der Waals surface area contributed by atoms with Crippen molar-refractivity contribution < 1.29 is 24.0 Å². The first kappa shape index (κ1) is 25.1. The summed E-state index contributed by atoms with van der Waals surface area (Å²) in [5.41, 5.74) is 2.26. The van der Waals surface area contributed by atoms with Crippen molar-refractivity contribution in [3.8, 4) is 17.3 Å². The first-order chi connectivity index (χ1) is 18.8. The molecule has 0 bridgehead atoms. The van der Waals surface area contributed by atoms with Crippen molar-refractivity contribution in [2.75, 3.05) is 56.2 Å². The number of fused-ring (bicyclic) bond motifs is 1. The van der Waals surface area contributed by atoms with E-state index in [2.05, 4.69) is 19.9 Å². The monoisotopic (exact) mass is 554 g/mol. The molecule has 3 N–H and O–H groups in total. The summed E-state index contributed by atoms with van der Waals surface area (Å²) in [7, 11) is 1.72. The van der Waals surface area contributed by atoms with Gasteiger partial charge in [0.25, 0.3) is 0 Å². The van der Waals surface area contributed by atoms with Gasteiger partial charge in [-0.15, -0.1) is 0 Å². The predicted octanol–water partition coefficient (Wildman–Crippen LogP) is 2.30. The Morgan fingerprint density at radius 3 is 2.69 bits per heavy atom. The third-order valence-electron chi connectivity index (χ3n) is 7.04. The molecule has 6 rings (SSSR count). The largest absolute Gasteiger partial charge is 0.501 e. The van der Waals surface area contributed by atoms with E-state index in [0.29, 0.717) is 63.0 Å². The lowest BCUT2D eigenvalue weighted by atomic mass is 10.1. The highest BCUT2D eigenvalue weighted by Crippen LogP contribution is 2.32. The average molecular weight is 555 g/mol. The molecule has 0 spiro atoms. The Bertz CT molecular complexity index is 1650. The third kappa shape index (κ3) is 4.55. The molecule has 2 aliphatic heterocycles. The highest BCUT2D eigenvalue weighted by Gasteiger charge is 2.31. The second-order valence-corrected chi connectivity index (χ2v) is 9.99. The fourth-order valence-corrected chi connectivity index (χ4v) is 5.12. The first-order valence-electron chi connectivity index (χ1n) is 12.5. The van der Waals surface area contributed by atoms with Gasteiger partial charge < -0.3 is 19.6 Å². The van der Waals surface area contributed by atoms with E-state index < -0.39 is 17.1 Å². The number of morpholine rings is 1. The highest BCUT2D eigenvalue weighted by molar-refractivity contribution is 6.30. The number of anilines is 2. The number of carbonyl (C=O) groups excluding carboxylic acids is 1. The van der Waals surface area contributed by atoms with E-state index in [0.717, 1.165) is 11.3 Å². The summed E-state index contributed by atoms with van der Waals surface area (Å²) in [5.74, 6) is -0.736. The van der Waals surface area contributed by atoms with Crippen LogP contribution in [0.25, 0.3) is 17.2 Å². The molecular weight excluding hydrogens is 529 g/mol. The molecule has 2 saturated heterocycles. The van der Waals surface area contributed by atoms with Gasteiger partial charge >= 0.3 is 17.4 Å². The number of nitrogens with one attached hydrogen (secondary N) is 2. The number of carbonyl (C=O) groups is 1. The van der Waals surface area contributed by atoms with Crippen LogP contribution in [0.3, 0.4) is 0 Å². The fraction of sp³-hybridized carbons (Fsp3) is 0.308. The van der Waals surface area contributed by atoms with Crippen LogP contribution in [0.15, 0.2) is 41.5 Å². The Balaban J connectivity index is 1.45. The molecule has 2 fully saturated rings. The number of pyridine rings is 1. The molecule has 0 unspecified atom stereocenters. The van der Waals surface area contributed by atoms with Crippen molar-refractivity contribution in [3.63, 3.8) is 0 Å². The second-order valence-electron chi connectivity index (χ2n) is 9.59. The van der Waals surface area contributed by atoms with Crippen LogP contribution < -0.4 is 20.3 Å². The van der Waals surface area contributed by atoms with E-state index in [1.54, 1.807) is 35.3 Å². The van der Waals surface area contributed by atoms with Crippen LogP contribution >= 0.6 is 11.6 Å². The van der Waals surface area contributed by atoms with E-state index in [4.69, 9.17) is 16.3 Å². The number of aromatic nitrogens is 4. The zero-order valence-electron chi connectivity index (χ0n) is 21.1. The van der Waals surface area contributed by atoms with Gasteiger partial charge in [-0.2, -0.15) is 0 Å². The number of nitrogens with zero attached hydrogens (tertiary/aromatic N) is 5. The average Bonchev–Trinajstić information content (AvgIpc) is 3.54.